The van der Waals surface area contributed by atoms with Crippen LogP contribution in [0.2, 0.25) is 0 Å². The molecule has 22 heavy (non-hydrogen) atoms. The highest BCUT2D eigenvalue weighted by atomic mass is 32.2. The summed E-state index contributed by atoms with van der Waals surface area (Å²) in [7, 11) is -3.82. The molecule has 0 radical (unpaired) electrons. The number of hydrogen-bond donors (Lipinski definition) is 1. The molecule has 3 aromatic rings. The molecule has 0 aliphatic carbocycles. The van der Waals surface area contributed by atoms with Crippen LogP contribution in [0.1, 0.15) is 0 Å². The second-order valence-electron chi connectivity index (χ2n) is 4.75. The van der Waals surface area contributed by atoms with Gasteiger partial charge in [-0.05, 0) is 34.5 Å². The molecular weight excluding hydrogens is 321 g/mol. The van der Waals surface area contributed by atoms with Crippen LogP contribution in [0.4, 0.5) is 4.39 Å². The van der Waals surface area contributed by atoms with Crippen molar-refractivity contribution in [3.8, 4) is 22.3 Å². The lowest BCUT2D eigenvalue weighted by molar-refractivity contribution is 0.598. The van der Waals surface area contributed by atoms with Crippen LogP contribution in [0.3, 0.4) is 0 Å². The van der Waals surface area contributed by atoms with Crippen molar-refractivity contribution < 1.29 is 12.8 Å². The first kappa shape index (κ1) is 14.9. The van der Waals surface area contributed by atoms with Crippen LogP contribution < -0.4 is 5.14 Å². The zero-order valence-electron chi connectivity index (χ0n) is 11.4. The Morgan fingerprint density at radius 1 is 0.864 bits per heavy atom. The highest BCUT2D eigenvalue weighted by Crippen LogP contribution is 2.37. The molecule has 0 saturated carbocycles. The predicted octanol–water partition coefficient (Wildman–Crippen LogP) is 3.87. The summed E-state index contributed by atoms with van der Waals surface area (Å²) in [5.74, 6) is -0.314. The first-order valence-corrected chi connectivity index (χ1v) is 8.90. The third-order valence-electron chi connectivity index (χ3n) is 3.30. The molecule has 0 spiro atoms. The molecule has 0 saturated heterocycles. The van der Waals surface area contributed by atoms with Gasteiger partial charge in [-0.15, -0.1) is 0 Å². The standard InChI is InChI=1S/C16H12FNO2S2/c17-12-7-5-11(6-8-12)14-9-21-10-15(14)13-3-1-2-4-16(13)22(18,19)20/h1-10H,(H2,18,19,20). The fraction of sp³-hybridized carbons (Fsp3) is 0. The number of halogens is 1. The number of thiophene rings is 1. The van der Waals surface area contributed by atoms with E-state index >= 15 is 0 Å². The molecule has 0 unspecified atom stereocenters. The average molecular weight is 333 g/mol. The summed E-state index contributed by atoms with van der Waals surface area (Å²) in [6.07, 6.45) is 0. The van der Waals surface area contributed by atoms with Gasteiger partial charge in [-0.3, -0.25) is 0 Å². The van der Waals surface area contributed by atoms with Crippen molar-refractivity contribution >= 4 is 21.4 Å². The quantitative estimate of drug-likeness (QED) is 0.791. The van der Waals surface area contributed by atoms with Gasteiger partial charge in [0.05, 0.1) is 4.90 Å². The maximum Gasteiger partial charge on any atom is 0.238 e. The maximum absolute atomic E-state index is 13.1. The molecule has 6 heteroatoms. The first-order chi connectivity index (χ1) is 10.5. The van der Waals surface area contributed by atoms with Gasteiger partial charge in [0.15, 0.2) is 0 Å². The third kappa shape index (κ3) is 2.81. The normalized spacial score (nSPS) is 11.5. The van der Waals surface area contributed by atoms with Crippen molar-refractivity contribution in [1.82, 2.24) is 0 Å². The van der Waals surface area contributed by atoms with Gasteiger partial charge in [-0.25, -0.2) is 17.9 Å². The monoisotopic (exact) mass is 333 g/mol. The molecular formula is C16H12FNO2S2. The molecule has 0 aliphatic heterocycles. The largest absolute Gasteiger partial charge is 0.238 e. The van der Waals surface area contributed by atoms with Gasteiger partial charge >= 0.3 is 0 Å². The molecule has 3 nitrogen and oxygen atoms in total. The van der Waals surface area contributed by atoms with Crippen LogP contribution in [0.25, 0.3) is 22.3 Å². The van der Waals surface area contributed by atoms with E-state index in [2.05, 4.69) is 0 Å². The predicted molar refractivity (Wildman–Crippen MR) is 86.5 cm³/mol. The van der Waals surface area contributed by atoms with E-state index in [9.17, 15) is 12.8 Å². The summed E-state index contributed by atoms with van der Waals surface area (Å²) >= 11 is 1.45. The average Bonchev–Trinajstić information content (AvgIpc) is 2.96. The zero-order chi connectivity index (χ0) is 15.7. The second kappa shape index (κ2) is 5.64. The Balaban J connectivity index is 2.20. The Labute approximate surface area is 131 Å². The molecule has 112 valence electrons. The van der Waals surface area contributed by atoms with E-state index in [1.807, 2.05) is 10.8 Å². The molecule has 3 rings (SSSR count). The van der Waals surface area contributed by atoms with E-state index in [4.69, 9.17) is 5.14 Å². The van der Waals surface area contributed by atoms with Crippen LogP contribution in [-0.2, 0) is 10.0 Å². The lowest BCUT2D eigenvalue weighted by Gasteiger charge is -2.09. The topological polar surface area (TPSA) is 60.2 Å². The highest BCUT2D eigenvalue weighted by Gasteiger charge is 2.18. The van der Waals surface area contributed by atoms with Gasteiger partial charge < -0.3 is 0 Å². The van der Waals surface area contributed by atoms with E-state index < -0.39 is 10.0 Å². The van der Waals surface area contributed by atoms with Gasteiger partial charge in [-0.1, -0.05) is 30.3 Å². The Kier molecular flexibility index (Phi) is 3.82. The summed E-state index contributed by atoms with van der Waals surface area (Å²) < 4.78 is 36.6. The fourth-order valence-corrected chi connectivity index (χ4v) is 3.91. The number of nitrogens with two attached hydrogens (primary N) is 1. The molecule has 2 aromatic carbocycles. The van der Waals surface area contributed by atoms with Crippen molar-refractivity contribution in [2.45, 2.75) is 4.90 Å². The van der Waals surface area contributed by atoms with Crippen molar-refractivity contribution in [2.75, 3.05) is 0 Å². The van der Waals surface area contributed by atoms with Crippen LogP contribution >= 0.6 is 11.3 Å². The molecule has 0 fully saturated rings. The zero-order valence-corrected chi connectivity index (χ0v) is 13.0. The molecule has 1 heterocycles. The third-order valence-corrected chi connectivity index (χ3v) is 5.01. The SMILES string of the molecule is NS(=O)(=O)c1ccccc1-c1cscc1-c1ccc(F)cc1. The summed E-state index contributed by atoms with van der Waals surface area (Å²) in [6.45, 7) is 0. The van der Waals surface area contributed by atoms with Crippen molar-refractivity contribution in [3.05, 3.63) is 65.1 Å². The smallest absolute Gasteiger partial charge is 0.225 e. The molecule has 1 aromatic heterocycles. The number of benzene rings is 2. The van der Waals surface area contributed by atoms with Gasteiger partial charge in [-0.2, -0.15) is 11.3 Å². The van der Waals surface area contributed by atoms with Crippen molar-refractivity contribution in [1.29, 1.82) is 0 Å². The van der Waals surface area contributed by atoms with Gasteiger partial charge in [0.25, 0.3) is 0 Å². The van der Waals surface area contributed by atoms with Crippen LogP contribution in [0.5, 0.6) is 0 Å². The molecule has 2 N–H and O–H groups in total. The number of hydrogen-bond acceptors (Lipinski definition) is 3. The fourth-order valence-electron chi connectivity index (χ4n) is 2.30. The van der Waals surface area contributed by atoms with Gasteiger partial charge in [0, 0.05) is 16.7 Å². The number of rotatable bonds is 3. The van der Waals surface area contributed by atoms with Crippen LogP contribution in [0.15, 0.2) is 64.2 Å². The first-order valence-electron chi connectivity index (χ1n) is 6.41. The van der Waals surface area contributed by atoms with E-state index in [1.165, 1.54) is 29.5 Å². The van der Waals surface area contributed by atoms with E-state index in [0.29, 0.717) is 5.56 Å². The van der Waals surface area contributed by atoms with E-state index in [1.54, 1.807) is 30.3 Å². The van der Waals surface area contributed by atoms with Crippen molar-refractivity contribution in [3.63, 3.8) is 0 Å². The Morgan fingerprint density at radius 3 is 2.18 bits per heavy atom. The summed E-state index contributed by atoms with van der Waals surface area (Å²) in [5.41, 5.74) is 2.98. The Hall–Kier alpha value is -2.02. The molecule has 0 bridgehead atoms. The van der Waals surface area contributed by atoms with E-state index in [-0.39, 0.29) is 10.7 Å². The van der Waals surface area contributed by atoms with Crippen molar-refractivity contribution in [2.24, 2.45) is 5.14 Å². The minimum atomic E-state index is -3.82. The number of sulfonamides is 1. The molecule has 0 aliphatic rings. The summed E-state index contributed by atoms with van der Waals surface area (Å²) in [5, 5.41) is 9.07. The maximum atomic E-state index is 13.1. The lowest BCUT2D eigenvalue weighted by atomic mass is 9.99. The minimum absolute atomic E-state index is 0.0803. The summed E-state index contributed by atoms with van der Waals surface area (Å²) in [4.78, 5) is 0.0803. The molecule has 0 atom stereocenters. The Morgan fingerprint density at radius 2 is 1.50 bits per heavy atom. The Bertz CT molecular complexity index is 915. The molecule has 0 amide bonds. The number of primary sulfonamides is 1. The summed E-state index contributed by atoms with van der Waals surface area (Å²) in [6, 6.07) is 12.7. The van der Waals surface area contributed by atoms with E-state index in [0.717, 1.165) is 16.7 Å². The lowest BCUT2D eigenvalue weighted by Crippen LogP contribution is -2.13. The minimum Gasteiger partial charge on any atom is -0.225 e. The second-order valence-corrected chi connectivity index (χ2v) is 7.02. The van der Waals surface area contributed by atoms with Gasteiger partial charge in [0.1, 0.15) is 5.82 Å². The van der Waals surface area contributed by atoms with Crippen LogP contribution in [-0.4, -0.2) is 8.42 Å². The highest BCUT2D eigenvalue weighted by molar-refractivity contribution is 7.89. The van der Waals surface area contributed by atoms with Crippen LogP contribution in [0, 0.1) is 5.82 Å². The van der Waals surface area contributed by atoms with Gasteiger partial charge in [0.2, 0.25) is 10.0 Å².